The van der Waals surface area contributed by atoms with Crippen molar-refractivity contribution >= 4 is 35.0 Å². The van der Waals surface area contributed by atoms with E-state index in [0.29, 0.717) is 36.9 Å². The first-order chi connectivity index (χ1) is 12.3. The Morgan fingerprint density at radius 3 is 2.50 bits per heavy atom. The van der Waals surface area contributed by atoms with Crippen molar-refractivity contribution in [3.8, 4) is 0 Å². The molecular weight excluding hydrogens is 352 g/mol. The van der Waals surface area contributed by atoms with Gasteiger partial charge >= 0.3 is 5.97 Å². The second-order valence-electron chi connectivity index (χ2n) is 6.85. The highest BCUT2D eigenvalue weighted by Gasteiger charge is 2.25. The van der Waals surface area contributed by atoms with Gasteiger partial charge in [-0.15, -0.1) is 0 Å². The lowest BCUT2D eigenvalue weighted by molar-refractivity contribution is -0.142. The predicted octanol–water partition coefficient (Wildman–Crippen LogP) is 4.10. The number of hydrogen-bond acceptors (Lipinski definition) is 5. The van der Waals surface area contributed by atoms with Gasteiger partial charge in [0.05, 0.1) is 16.6 Å². The summed E-state index contributed by atoms with van der Waals surface area (Å²) in [6.07, 6.45) is 1.26. The number of aromatic nitrogens is 2. The van der Waals surface area contributed by atoms with Gasteiger partial charge in [0.15, 0.2) is 0 Å². The molecule has 0 aliphatic carbocycles. The molecule has 0 unspecified atom stereocenters. The summed E-state index contributed by atoms with van der Waals surface area (Å²) in [7, 11) is 0. The van der Waals surface area contributed by atoms with Gasteiger partial charge in [-0.05, 0) is 50.8 Å². The lowest BCUT2D eigenvalue weighted by Gasteiger charge is -2.31. The minimum Gasteiger partial charge on any atom is -0.481 e. The topological polar surface area (TPSA) is 78.4 Å². The van der Waals surface area contributed by atoms with E-state index in [0.717, 1.165) is 28.3 Å². The van der Waals surface area contributed by atoms with Crippen LogP contribution in [0, 0.1) is 26.7 Å². The minimum absolute atomic E-state index is 0.263. The van der Waals surface area contributed by atoms with E-state index in [9.17, 15) is 4.79 Å². The Bertz CT molecular complexity index is 809. The Morgan fingerprint density at radius 1 is 1.19 bits per heavy atom. The number of hydrogen-bond donors (Lipinski definition) is 2. The molecule has 0 bridgehead atoms. The molecule has 0 amide bonds. The van der Waals surface area contributed by atoms with E-state index in [1.807, 2.05) is 32.9 Å². The average Bonchev–Trinajstić information content (AvgIpc) is 2.57. The lowest BCUT2D eigenvalue weighted by atomic mass is 9.97. The number of carboxylic acid groups (broad SMARTS) is 1. The second kappa shape index (κ2) is 7.50. The number of piperidine rings is 1. The van der Waals surface area contributed by atoms with E-state index in [4.69, 9.17) is 16.7 Å². The summed E-state index contributed by atoms with van der Waals surface area (Å²) in [4.78, 5) is 22.3. The van der Waals surface area contributed by atoms with Crippen LogP contribution in [-0.4, -0.2) is 34.1 Å². The van der Waals surface area contributed by atoms with Crippen LogP contribution >= 0.6 is 11.6 Å². The summed E-state index contributed by atoms with van der Waals surface area (Å²) in [5.41, 5.74) is 3.78. The standard InChI is InChI=1S/C19H23ClN4O2/c1-11-8-12(2)17(15(20)9-11)23-19-21-13(3)10-16(22-19)24-6-4-14(5-7-24)18(25)26/h8-10,14H,4-7H2,1-3H3,(H,25,26)(H,21,22,23). The number of nitrogens with one attached hydrogen (secondary N) is 1. The van der Waals surface area contributed by atoms with E-state index in [1.54, 1.807) is 0 Å². The average molecular weight is 375 g/mol. The highest BCUT2D eigenvalue weighted by molar-refractivity contribution is 6.33. The molecule has 6 nitrogen and oxygen atoms in total. The Balaban J connectivity index is 1.82. The summed E-state index contributed by atoms with van der Waals surface area (Å²) in [6.45, 7) is 7.28. The first kappa shape index (κ1) is 18.5. The number of rotatable bonds is 4. The number of aliphatic carboxylic acids is 1. The van der Waals surface area contributed by atoms with E-state index >= 15 is 0 Å². The zero-order valence-electron chi connectivity index (χ0n) is 15.2. The van der Waals surface area contributed by atoms with E-state index in [1.165, 1.54) is 0 Å². The largest absolute Gasteiger partial charge is 0.481 e. The molecule has 0 atom stereocenters. The lowest BCUT2D eigenvalue weighted by Crippen LogP contribution is -2.36. The summed E-state index contributed by atoms with van der Waals surface area (Å²) in [5.74, 6) is 0.329. The van der Waals surface area contributed by atoms with E-state index in [2.05, 4.69) is 26.3 Å². The Morgan fingerprint density at radius 2 is 1.88 bits per heavy atom. The molecule has 0 spiro atoms. The maximum Gasteiger partial charge on any atom is 0.306 e. The third-order valence-corrected chi connectivity index (χ3v) is 4.98. The molecule has 1 fully saturated rings. The van der Waals surface area contributed by atoms with Crippen molar-refractivity contribution in [1.82, 2.24) is 9.97 Å². The number of halogens is 1. The van der Waals surface area contributed by atoms with Gasteiger partial charge in [0.2, 0.25) is 5.95 Å². The molecule has 1 saturated heterocycles. The molecule has 1 aliphatic rings. The molecule has 1 aliphatic heterocycles. The SMILES string of the molecule is Cc1cc(C)c(Nc2nc(C)cc(N3CCC(C(=O)O)CC3)n2)c(Cl)c1. The monoisotopic (exact) mass is 374 g/mol. The van der Waals surface area contributed by atoms with Gasteiger partial charge in [0, 0.05) is 24.8 Å². The van der Waals surface area contributed by atoms with Crippen LogP contribution in [-0.2, 0) is 4.79 Å². The van der Waals surface area contributed by atoms with Gasteiger partial charge in [0.1, 0.15) is 5.82 Å². The number of benzene rings is 1. The number of anilines is 3. The quantitative estimate of drug-likeness (QED) is 0.838. The predicted molar refractivity (Wildman–Crippen MR) is 104 cm³/mol. The van der Waals surface area contributed by atoms with Crippen LogP contribution in [0.5, 0.6) is 0 Å². The number of nitrogens with zero attached hydrogens (tertiary/aromatic N) is 3. The molecule has 2 heterocycles. The summed E-state index contributed by atoms with van der Waals surface area (Å²) < 4.78 is 0. The molecule has 7 heteroatoms. The molecule has 2 aromatic rings. The first-order valence-corrected chi connectivity index (χ1v) is 9.08. The van der Waals surface area contributed by atoms with Crippen molar-refractivity contribution in [2.45, 2.75) is 33.6 Å². The van der Waals surface area contributed by atoms with Crippen LogP contribution in [0.1, 0.15) is 29.7 Å². The maximum absolute atomic E-state index is 11.1. The third kappa shape index (κ3) is 4.07. The van der Waals surface area contributed by atoms with E-state index < -0.39 is 5.97 Å². The van der Waals surface area contributed by atoms with Gasteiger partial charge in [-0.25, -0.2) is 4.98 Å². The van der Waals surface area contributed by atoms with Crippen molar-refractivity contribution in [1.29, 1.82) is 0 Å². The Labute approximate surface area is 158 Å². The smallest absolute Gasteiger partial charge is 0.306 e. The van der Waals surface area contributed by atoms with Crippen LogP contribution in [0.3, 0.4) is 0 Å². The molecule has 1 aromatic heterocycles. The highest BCUT2D eigenvalue weighted by Crippen LogP contribution is 2.30. The molecule has 0 radical (unpaired) electrons. The fraction of sp³-hybridized carbons (Fsp3) is 0.421. The van der Waals surface area contributed by atoms with Gasteiger partial charge in [-0.1, -0.05) is 17.7 Å². The molecule has 3 rings (SSSR count). The maximum atomic E-state index is 11.1. The van der Waals surface area contributed by atoms with Crippen LogP contribution in [0.4, 0.5) is 17.5 Å². The summed E-state index contributed by atoms with van der Waals surface area (Å²) in [6, 6.07) is 5.89. The number of carboxylic acids is 1. The van der Waals surface area contributed by atoms with Crippen molar-refractivity contribution < 1.29 is 9.90 Å². The number of aryl methyl sites for hydroxylation is 3. The molecule has 2 N–H and O–H groups in total. The number of carbonyl (C=O) groups is 1. The summed E-state index contributed by atoms with van der Waals surface area (Å²) in [5, 5.41) is 13.0. The Hall–Kier alpha value is -2.34. The van der Waals surface area contributed by atoms with Crippen LogP contribution in [0.2, 0.25) is 5.02 Å². The van der Waals surface area contributed by atoms with Gasteiger partial charge < -0.3 is 15.3 Å². The van der Waals surface area contributed by atoms with Crippen LogP contribution < -0.4 is 10.2 Å². The van der Waals surface area contributed by atoms with Crippen molar-refractivity contribution in [3.05, 3.63) is 40.0 Å². The summed E-state index contributed by atoms with van der Waals surface area (Å²) >= 11 is 6.37. The zero-order valence-corrected chi connectivity index (χ0v) is 16.0. The van der Waals surface area contributed by atoms with Crippen molar-refractivity contribution in [3.63, 3.8) is 0 Å². The molecular formula is C19H23ClN4O2. The highest BCUT2D eigenvalue weighted by atomic mass is 35.5. The molecule has 26 heavy (non-hydrogen) atoms. The van der Waals surface area contributed by atoms with Gasteiger partial charge in [-0.3, -0.25) is 4.79 Å². The zero-order chi connectivity index (χ0) is 18.8. The van der Waals surface area contributed by atoms with E-state index in [-0.39, 0.29) is 5.92 Å². The van der Waals surface area contributed by atoms with Gasteiger partial charge in [0.25, 0.3) is 0 Å². The second-order valence-corrected chi connectivity index (χ2v) is 7.26. The first-order valence-electron chi connectivity index (χ1n) is 8.70. The normalized spacial score (nSPS) is 15.2. The van der Waals surface area contributed by atoms with Crippen LogP contribution in [0.25, 0.3) is 0 Å². The van der Waals surface area contributed by atoms with Crippen LogP contribution in [0.15, 0.2) is 18.2 Å². The fourth-order valence-corrected chi connectivity index (χ4v) is 3.68. The molecule has 0 saturated carbocycles. The van der Waals surface area contributed by atoms with Gasteiger partial charge in [-0.2, -0.15) is 4.98 Å². The molecule has 1 aromatic carbocycles. The molecule has 138 valence electrons. The van der Waals surface area contributed by atoms with Crippen molar-refractivity contribution in [2.75, 3.05) is 23.3 Å². The third-order valence-electron chi connectivity index (χ3n) is 4.68. The van der Waals surface area contributed by atoms with Crippen molar-refractivity contribution in [2.24, 2.45) is 5.92 Å². The minimum atomic E-state index is -0.713. The fourth-order valence-electron chi connectivity index (χ4n) is 3.31. The Kier molecular flexibility index (Phi) is 5.32.